The number of nitrogens with two attached hydrogens (primary N) is 1. The van der Waals surface area contributed by atoms with Crippen LogP contribution in [0.5, 0.6) is 0 Å². The average Bonchev–Trinajstić information content (AvgIpc) is 3.10. The number of anilines is 1. The van der Waals surface area contributed by atoms with Crippen LogP contribution in [0.3, 0.4) is 0 Å². The van der Waals surface area contributed by atoms with E-state index in [-0.39, 0.29) is 11.3 Å². The molecule has 2 heterocycles. The number of nitrogen functional groups attached to an aromatic ring is 1. The molecule has 7 nitrogen and oxygen atoms in total. The van der Waals surface area contributed by atoms with Gasteiger partial charge in [0.2, 0.25) is 0 Å². The zero-order valence-corrected chi connectivity index (χ0v) is 16.0. The number of aromatic nitrogens is 4. The summed E-state index contributed by atoms with van der Waals surface area (Å²) in [5, 5.41) is 7.36. The van der Waals surface area contributed by atoms with Gasteiger partial charge in [0.05, 0.1) is 23.6 Å². The molecule has 3 rings (SSSR count). The van der Waals surface area contributed by atoms with Gasteiger partial charge in [0.1, 0.15) is 12.1 Å². The van der Waals surface area contributed by atoms with Crippen molar-refractivity contribution >= 4 is 11.7 Å². The highest BCUT2D eigenvalue weighted by atomic mass is 16.2. The van der Waals surface area contributed by atoms with Gasteiger partial charge in [-0.1, -0.05) is 32.9 Å². The number of carbonyl (C=O) groups is 1. The maximum absolute atomic E-state index is 12.7. The van der Waals surface area contributed by atoms with Crippen molar-refractivity contribution in [2.75, 3.05) is 12.8 Å². The van der Waals surface area contributed by atoms with Gasteiger partial charge in [-0.15, -0.1) is 0 Å². The number of benzene rings is 1. The molecule has 3 N–H and O–H groups in total. The molecule has 0 atom stereocenters. The number of nitrogens with zero attached hydrogens (tertiary/aromatic N) is 4. The lowest BCUT2D eigenvalue weighted by Crippen LogP contribution is -2.26. The number of H-pyrrole nitrogens is 1. The summed E-state index contributed by atoms with van der Waals surface area (Å²) in [7, 11) is 1.78. The maximum atomic E-state index is 12.7. The van der Waals surface area contributed by atoms with Gasteiger partial charge >= 0.3 is 0 Å². The summed E-state index contributed by atoms with van der Waals surface area (Å²) in [4.78, 5) is 22.5. The van der Waals surface area contributed by atoms with E-state index in [1.165, 1.54) is 6.33 Å². The van der Waals surface area contributed by atoms with Gasteiger partial charge < -0.3 is 10.6 Å². The van der Waals surface area contributed by atoms with Crippen LogP contribution in [0.4, 0.5) is 5.82 Å². The average molecular weight is 364 g/mol. The monoisotopic (exact) mass is 364 g/mol. The number of amides is 1. The zero-order valence-electron chi connectivity index (χ0n) is 16.0. The van der Waals surface area contributed by atoms with Crippen molar-refractivity contribution in [3.8, 4) is 11.3 Å². The first-order chi connectivity index (χ1) is 12.7. The highest BCUT2D eigenvalue weighted by Crippen LogP contribution is 2.21. The quantitative estimate of drug-likeness (QED) is 0.741. The molecule has 3 aromatic rings. The predicted octanol–water partition coefficient (Wildman–Crippen LogP) is 3.02. The molecule has 0 bridgehead atoms. The molecule has 1 aromatic carbocycles. The van der Waals surface area contributed by atoms with E-state index in [1.807, 2.05) is 18.2 Å². The second kappa shape index (κ2) is 7.19. The summed E-state index contributed by atoms with van der Waals surface area (Å²) in [6.07, 6.45) is 1.42. The largest absolute Gasteiger partial charge is 0.384 e. The lowest BCUT2D eigenvalue weighted by atomic mass is 9.92. The van der Waals surface area contributed by atoms with Crippen molar-refractivity contribution < 1.29 is 4.79 Å². The Kier molecular flexibility index (Phi) is 4.94. The minimum Gasteiger partial charge on any atom is -0.384 e. The molecule has 7 heteroatoms. The fourth-order valence-corrected chi connectivity index (χ4v) is 2.69. The first kappa shape index (κ1) is 18.6. The molecular weight excluding hydrogens is 340 g/mol. The highest BCUT2D eigenvalue weighted by Gasteiger charge is 2.19. The van der Waals surface area contributed by atoms with Gasteiger partial charge in [-0.25, -0.2) is 9.97 Å². The molecule has 140 valence electrons. The standard InChI is InChI=1S/C20H24N6O/c1-20(2,3)17-9-15(24-25-17)11-26(4)19(27)14-7-5-13(6-8-14)16-10-18(21)23-12-22-16/h5-10,12H,11H2,1-4H3,(H,24,25)(H2,21,22,23). The van der Waals surface area contributed by atoms with Crippen LogP contribution in [0.15, 0.2) is 42.7 Å². The number of hydrogen-bond donors (Lipinski definition) is 2. The lowest BCUT2D eigenvalue weighted by molar-refractivity contribution is 0.0783. The Labute approximate surface area is 158 Å². The Bertz CT molecular complexity index is 940. The van der Waals surface area contributed by atoms with E-state index in [1.54, 1.807) is 30.1 Å². The third-order valence-electron chi connectivity index (χ3n) is 4.27. The SMILES string of the molecule is CN(Cc1cc(C(C)(C)C)n[nH]1)C(=O)c1ccc(-c2cc(N)ncn2)cc1. The zero-order chi connectivity index (χ0) is 19.6. The van der Waals surface area contributed by atoms with Crippen LogP contribution >= 0.6 is 0 Å². The number of rotatable bonds is 4. The van der Waals surface area contributed by atoms with E-state index < -0.39 is 0 Å². The minimum absolute atomic E-state index is 0.0302. The molecule has 0 aliphatic carbocycles. The van der Waals surface area contributed by atoms with Crippen molar-refractivity contribution in [3.63, 3.8) is 0 Å². The van der Waals surface area contributed by atoms with Crippen molar-refractivity contribution in [2.24, 2.45) is 0 Å². The molecule has 0 saturated heterocycles. The van der Waals surface area contributed by atoms with Gasteiger partial charge in [-0.05, 0) is 18.2 Å². The van der Waals surface area contributed by atoms with Crippen LogP contribution < -0.4 is 5.73 Å². The van der Waals surface area contributed by atoms with Crippen LogP contribution in [-0.2, 0) is 12.0 Å². The van der Waals surface area contributed by atoms with Gasteiger partial charge in [0.15, 0.2) is 0 Å². The fourth-order valence-electron chi connectivity index (χ4n) is 2.69. The van der Waals surface area contributed by atoms with Gasteiger partial charge in [0.25, 0.3) is 5.91 Å². The summed E-state index contributed by atoms with van der Waals surface area (Å²) in [5.74, 6) is 0.352. The van der Waals surface area contributed by atoms with E-state index in [9.17, 15) is 4.79 Å². The fraction of sp³-hybridized carbons (Fsp3) is 0.300. The molecule has 0 radical (unpaired) electrons. The number of hydrogen-bond acceptors (Lipinski definition) is 5. The third-order valence-corrected chi connectivity index (χ3v) is 4.27. The van der Waals surface area contributed by atoms with E-state index in [0.29, 0.717) is 17.9 Å². The van der Waals surface area contributed by atoms with Crippen molar-refractivity contribution in [1.29, 1.82) is 0 Å². The first-order valence-corrected chi connectivity index (χ1v) is 8.72. The molecule has 0 aliphatic rings. The predicted molar refractivity (Wildman–Crippen MR) is 105 cm³/mol. The van der Waals surface area contributed by atoms with E-state index >= 15 is 0 Å². The Morgan fingerprint density at radius 3 is 2.44 bits per heavy atom. The van der Waals surface area contributed by atoms with Crippen LogP contribution in [-0.4, -0.2) is 38.0 Å². The van der Waals surface area contributed by atoms with Crippen LogP contribution in [0.25, 0.3) is 11.3 Å². The molecule has 1 amide bonds. The Morgan fingerprint density at radius 2 is 1.85 bits per heavy atom. The molecule has 0 spiro atoms. The smallest absolute Gasteiger partial charge is 0.253 e. The summed E-state index contributed by atoms with van der Waals surface area (Å²) in [6, 6.07) is 11.0. The minimum atomic E-state index is -0.0596. The molecule has 0 fully saturated rings. The summed E-state index contributed by atoms with van der Waals surface area (Å²) < 4.78 is 0. The molecular formula is C20H24N6O. The molecule has 27 heavy (non-hydrogen) atoms. The van der Waals surface area contributed by atoms with Crippen LogP contribution in [0.1, 0.15) is 42.5 Å². The van der Waals surface area contributed by atoms with Crippen molar-refractivity contribution in [3.05, 3.63) is 59.7 Å². The first-order valence-electron chi connectivity index (χ1n) is 8.72. The van der Waals surface area contributed by atoms with E-state index in [0.717, 1.165) is 22.6 Å². The molecule has 0 aliphatic heterocycles. The highest BCUT2D eigenvalue weighted by molar-refractivity contribution is 5.94. The summed E-state index contributed by atoms with van der Waals surface area (Å²) in [6.45, 7) is 6.78. The van der Waals surface area contributed by atoms with E-state index in [4.69, 9.17) is 5.73 Å². The van der Waals surface area contributed by atoms with Crippen LogP contribution in [0, 0.1) is 0 Å². The number of aromatic amines is 1. The second-order valence-corrected chi connectivity index (χ2v) is 7.60. The third kappa shape index (κ3) is 4.31. The molecule has 2 aromatic heterocycles. The van der Waals surface area contributed by atoms with Crippen molar-refractivity contribution in [1.82, 2.24) is 25.1 Å². The number of nitrogens with one attached hydrogen (secondary N) is 1. The van der Waals surface area contributed by atoms with E-state index in [2.05, 4.69) is 40.9 Å². The summed E-state index contributed by atoms with van der Waals surface area (Å²) >= 11 is 0. The maximum Gasteiger partial charge on any atom is 0.253 e. The Hall–Kier alpha value is -3.22. The summed E-state index contributed by atoms with van der Waals surface area (Å²) in [5.41, 5.74) is 9.77. The topological polar surface area (TPSA) is 101 Å². The number of carbonyl (C=O) groups excluding carboxylic acids is 1. The normalized spacial score (nSPS) is 11.4. The van der Waals surface area contributed by atoms with Gasteiger partial charge in [0, 0.05) is 29.7 Å². The second-order valence-electron chi connectivity index (χ2n) is 7.60. The molecule has 0 saturated carbocycles. The Morgan fingerprint density at radius 1 is 1.15 bits per heavy atom. The van der Waals surface area contributed by atoms with Crippen molar-refractivity contribution in [2.45, 2.75) is 32.7 Å². The lowest BCUT2D eigenvalue weighted by Gasteiger charge is -2.16. The van der Waals surface area contributed by atoms with Crippen LogP contribution in [0.2, 0.25) is 0 Å². The molecule has 0 unspecified atom stereocenters. The van der Waals surface area contributed by atoms with Gasteiger partial charge in [-0.3, -0.25) is 9.89 Å². The van der Waals surface area contributed by atoms with Gasteiger partial charge in [-0.2, -0.15) is 5.10 Å². The Balaban J connectivity index is 1.70.